The maximum absolute atomic E-state index is 14.3. The Morgan fingerprint density at radius 3 is 2.32 bits per heavy atom. The monoisotopic (exact) mass is 348 g/mol. The lowest BCUT2D eigenvalue weighted by atomic mass is 9.96. The zero-order valence-corrected chi connectivity index (χ0v) is 14.8. The van der Waals surface area contributed by atoms with Gasteiger partial charge in [0.2, 0.25) is 5.82 Å². The fourth-order valence-electron chi connectivity index (χ4n) is 3.27. The summed E-state index contributed by atoms with van der Waals surface area (Å²) in [5, 5.41) is 0. The van der Waals surface area contributed by atoms with Gasteiger partial charge in [0, 0.05) is 12.5 Å². The number of ether oxygens (including phenoxy) is 2. The molecule has 25 heavy (non-hydrogen) atoms. The molecule has 0 saturated carbocycles. The Morgan fingerprint density at radius 2 is 1.80 bits per heavy atom. The van der Waals surface area contributed by atoms with Gasteiger partial charge in [-0.05, 0) is 57.5 Å². The first-order chi connectivity index (χ1) is 12.2. The van der Waals surface area contributed by atoms with Crippen molar-refractivity contribution in [1.29, 1.82) is 0 Å². The Bertz CT molecular complexity index is 640. The number of benzene rings is 1. The minimum Gasteiger partial charge on any atom is -0.491 e. The largest absolute Gasteiger partial charge is 0.491 e. The van der Waals surface area contributed by atoms with Gasteiger partial charge >= 0.3 is 0 Å². The van der Waals surface area contributed by atoms with Gasteiger partial charge in [0.1, 0.15) is 6.26 Å². The van der Waals surface area contributed by atoms with E-state index in [1.807, 2.05) is 13.8 Å². The molecule has 0 radical (unpaired) electrons. The molecule has 5 nitrogen and oxygen atoms in total. The van der Waals surface area contributed by atoms with E-state index in [0.717, 1.165) is 43.9 Å². The molecule has 1 aromatic heterocycles. The average Bonchev–Trinajstić information content (AvgIpc) is 3.15. The summed E-state index contributed by atoms with van der Waals surface area (Å²) in [6, 6.07) is 3.56. The number of likely N-dealkylation sites (tertiary alicyclic amines) is 1. The summed E-state index contributed by atoms with van der Waals surface area (Å²) in [4.78, 5) is 6.62. The van der Waals surface area contributed by atoms with E-state index in [1.165, 1.54) is 0 Å². The molecule has 0 N–H and O–H groups in total. The van der Waals surface area contributed by atoms with Crippen LogP contribution < -0.4 is 9.47 Å². The summed E-state index contributed by atoms with van der Waals surface area (Å²) in [5.74, 6) is 1.32. The Balaban J connectivity index is 1.66. The minimum absolute atomic E-state index is 0.262. The van der Waals surface area contributed by atoms with E-state index >= 15 is 0 Å². The predicted octanol–water partition coefficient (Wildman–Crippen LogP) is 3.99. The fraction of sp³-hybridized carbons (Fsp3) is 0.526. The lowest BCUT2D eigenvalue weighted by Crippen LogP contribution is -2.32. The molecule has 0 atom stereocenters. The molecule has 0 aliphatic carbocycles. The van der Waals surface area contributed by atoms with Gasteiger partial charge in [-0.2, -0.15) is 4.39 Å². The van der Waals surface area contributed by atoms with Gasteiger partial charge in [-0.15, -0.1) is 0 Å². The second-order valence-electron chi connectivity index (χ2n) is 6.19. The van der Waals surface area contributed by atoms with E-state index in [1.54, 1.807) is 24.6 Å². The van der Waals surface area contributed by atoms with E-state index in [-0.39, 0.29) is 11.5 Å². The summed E-state index contributed by atoms with van der Waals surface area (Å²) in [7, 11) is 0. The molecule has 136 valence electrons. The molecular formula is C19H25FN2O3. The normalized spacial score (nSPS) is 16.1. The van der Waals surface area contributed by atoms with Crippen LogP contribution in [0.1, 0.15) is 44.1 Å². The first-order valence-corrected chi connectivity index (χ1v) is 8.91. The van der Waals surface area contributed by atoms with Crippen molar-refractivity contribution in [2.45, 2.75) is 39.2 Å². The van der Waals surface area contributed by atoms with E-state index in [2.05, 4.69) is 9.88 Å². The van der Waals surface area contributed by atoms with Crippen LogP contribution in [0.5, 0.6) is 11.5 Å². The third kappa shape index (κ3) is 4.31. The molecule has 1 saturated heterocycles. The highest BCUT2D eigenvalue weighted by Gasteiger charge is 2.24. The Kier molecular flexibility index (Phi) is 5.91. The molecule has 6 heteroatoms. The number of hydrogen-bond acceptors (Lipinski definition) is 5. The third-order valence-corrected chi connectivity index (χ3v) is 4.46. The number of hydrogen-bond donors (Lipinski definition) is 0. The smallest absolute Gasteiger partial charge is 0.206 e. The summed E-state index contributed by atoms with van der Waals surface area (Å²) < 4.78 is 30.6. The van der Waals surface area contributed by atoms with E-state index in [0.29, 0.717) is 19.1 Å². The first kappa shape index (κ1) is 17.7. The zero-order valence-electron chi connectivity index (χ0n) is 14.8. The molecule has 2 aromatic rings. The van der Waals surface area contributed by atoms with Crippen molar-refractivity contribution in [2.24, 2.45) is 0 Å². The van der Waals surface area contributed by atoms with Crippen LogP contribution in [-0.4, -0.2) is 36.2 Å². The van der Waals surface area contributed by atoms with Crippen LogP contribution in [0.2, 0.25) is 0 Å². The minimum atomic E-state index is -0.421. The molecule has 0 spiro atoms. The third-order valence-electron chi connectivity index (χ3n) is 4.46. The lowest BCUT2D eigenvalue weighted by Gasteiger charge is -2.30. The van der Waals surface area contributed by atoms with Gasteiger partial charge in [0.05, 0.1) is 19.4 Å². The summed E-state index contributed by atoms with van der Waals surface area (Å²) in [6.45, 7) is 7.20. The first-order valence-electron chi connectivity index (χ1n) is 8.91. The number of halogens is 1. The van der Waals surface area contributed by atoms with Crippen LogP contribution in [0.15, 0.2) is 29.0 Å². The van der Waals surface area contributed by atoms with Crippen molar-refractivity contribution in [2.75, 3.05) is 26.3 Å². The SMILES string of the molecule is CCOc1cc(CN2CCC(c3ncco3)CC2)cc(OCC)c1F. The van der Waals surface area contributed by atoms with Crippen molar-refractivity contribution >= 4 is 0 Å². The lowest BCUT2D eigenvalue weighted by molar-refractivity contribution is 0.192. The molecule has 0 amide bonds. The van der Waals surface area contributed by atoms with E-state index < -0.39 is 5.82 Å². The maximum atomic E-state index is 14.3. The van der Waals surface area contributed by atoms with Gasteiger partial charge < -0.3 is 13.9 Å². The Labute approximate surface area is 147 Å². The molecule has 1 aliphatic rings. The van der Waals surface area contributed by atoms with Gasteiger partial charge in [0.25, 0.3) is 0 Å². The molecule has 0 bridgehead atoms. The van der Waals surface area contributed by atoms with Gasteiger partial charge in [-0.1, -0.05) is 0 Å². The van der Waals surface area contributed by atoms with E-state index in [9.17, 15) is 4.39 Å². The molecule has 1 fully saturated rings. The van der Waals surface area contributed by atoms with E-state index in [4.69, 9.17) is 13.9 Å². The number of piperidine rings is 1. The van der Waals surface area contributed by atoms with Crippen molar-refractivity contribution in [3.8, 4) is 11.5 Å². The number of oxazole rings is 1. The Morgan fingerprint density at radius 1 is 1.16 bits per heavy atom. The average molecular weight is 348 g/mol. The number of aromatic nitrogens is 1. The summed E-state index contributed by atoms with van der Waals surface area (Å²) in [6.07, 6.45) is 5.35. The van der Waals surface area contributed by atoms with Gasteiger partial charge in [-0.3, -0.25) is 4.90 Å². The predicted molar refractivity (Wildman–Crippen MR) is 92.5 cm³/mol. The van der Waals surface area contributed by atoms with Gasteiger partial charge in [0.15, 0.2) is 17.4 Å². The standard InChI is InChI=1S/C19H25FN2O3/c1-3-23-16-11-14(12-17(18(16)20)24-4-2)13-22-8-5-15(6-9-22)19-21-7-10-25-19/h7,10-12,15H,3-6,8-9,13H2,1-2H3. The highest BCUT2D eigenvalue weighted by Crippen LogP contribution is 2.31. The maximum Gasteiger partial charge on any atom is 0.206 e. The van der Waals surface area contributed by atoms with Gasteiger partial charge in [-0.25, -0.2) is 4.98 Å². The second kappa shape index (κ2) is 8.34. The zero-order chi connectivity index (χ0) is 17.6. The molecular weight excluding hydrogens is 323 g/mol. The second-order valence-corrected chi connectivity index (χ2v) is 6.19. The van der Waals surface area contributed by atoms with Crippen molar-refractivity contribution in [3.63, 3.8) is 0 Å². The van der Waals surface area contributed by atoms with Crippen LogP contribution in [-0.2, 0) is 6.54 Å². The number of rotatable bonds is 7. The molecule has 1 aliphatic heterocycles. The fourth-order valence-corrected chi connectivity index (χ4v) is 3.27. The van der Waals surface area contributed by atoms with Crippen LogP contribution >= 0.6 is 0 Å². The topological polar surface area (TPSA) is 47.7 Å². The Hall–Kier alpha value is -2.08. The summed E-state index contributed by atoms with van der Waals surface area (Å²) >= 11 is 0. The van der Waals surface area contributed by atoms with Crippen LogP contribution in [0.25, 0.3) is 0 Å². The molecule has 1 aromatic carbocycles. The van der Waals surface area contributed by atoms with Crippen LogP contribution in [0.4, 0.5) is 4.39 Å². The van der Waals surface area contributed by atoms with Crippen LogP contribution in [0.3, 0.4) is 0 Å². The summed E-state index contributed by atoms with van der Waals surface area (Å²) in [5.41, 5.74) is 1.00. The molecule has 3 rings (SSSR count). The van der Waals surface area contributed by atoms with Crippen molar-refractivity contribution in [3.05, 3.63) is 41.9 Å². The number of nitrogens with zero attached hydrogens (tertiary/aromatic N) is 2. The molecule has 2 heterocycles. The highest BCUT2D eigenvalue weighted by atomic mass is 19.1. The van der Waals surface area contributed by atoms with Crippen molar-refractivity contribution in [1.82, 2.24) is 9.88 Å². The van der Waals surface area contributed by atoms with Crippen LogP contribution in [0, 0.1) is 5.82 Å². The quantitative estimate of drug-likeness (QED) is 0.757. The molecule has 0 unspecified atom stereocenters. The highest BCUT2D eigenvalue weighted by molar-refractivity contribution is 5.40. The van der Waals surface area contributed by atoms with Crippen molar-refractivity contribution < 1.29 is 18.3 Å².